The molecule has 0 heterocycles. The highest BCUT2D eigenvalue weighted by molar-refractivity contribution is 5.97. The third-order valence-electron chi connectivity index (χ3n) is 1.27. The van der Waals surface area contributed by atoms with E-state index in [-0.39, 0.29) is 0 Å². The predicted molar refractivity (Wildman–Crippen MR) is 39.5 cm³/mol. The van der Waals surface area contributed by atoms with Crippen molar-refractivity contribution < 1.29 is 4.43 Å². The molecule has 1 atom stereocenters. The molecule has 0 aromatic carbocycles. The lowest BCUT2D eigenvalue weighted by atomic mass is 10.2. The van der Waals surface area contributed by atoms with E-state index in [9.17, 15) is 0 Å². The molecule has 0 saturated carbocycles. The molecule has 0 aromatic rings. The molecule has 0 bridgehead atoms. The van der Waals surface area contributed by atoms with Gasteiger partial charge in [-0.05, 0) is 13.0 Å². The fourth-order valence-electron chi connectivity index (χ4n) is 0.710. The van der Waals surface area contributed by atoms with Crippen LogP contribution in [0.3, 0.4) is 0 Å². The van der Waals surface area contributed by atoms with Crippen LogP contribution in [0.2, 0.25) is 0 Å². The van der Waals surface area contributed by atoms with Gasteiger partial charge < -0.3 is 9.74 Å². The average Bonchev–Trinajstić information content (AvgIpc) is 1.88. The van der Waals surface area contributed by atoms with Gasteiger partial charge in [-0.15, -0.1) is 0 Å². The number of hydrogen-bond donors (Lipinski definition) is 1. The van der Waals surface area contributed by atoms with E-state index in [1.165, 1.54) is 0 Å². The molecule has 0 aromatic heterocycles. The van der Waals surface area contributed by atoms with Crippen molar-refractivity contribution >= 4 is 10.5 Å². The molecule has 9 heavy (non-hydrogen) atoms. The molecule has 0 rings (SSSR count). The number of likely N-dealkylation sites (N-methyl/N-ethyl adjacent to an activating group) is 1. The Morgan fingerprint density at radius 2 is 2.22 bits per heavy atom. The second-order valence-electron chi connectivity index (χ2n) is 1.97. The first-order chi connectivity index (χ1) is 4.35. The van der Waals surface area contributed by atoms with Gasteiger partial charge in [0.15, 0.2) is 0 Å². The lowest BCUT2D eigenvalue weighted by Gasteiger charge is -2.13. The monoisotopic (exact) mass is 144 g/mol. The highest BCUT2D eigenvalue weighted by Gasteiger charge is 2.00. The van der Waals surface area contributed by atoms with Crippen LogP contribution >= 0.6 is 0 Å². The van der Waals surface area contributed by atoms with Gasteiger partial charge in [0.05, 0.1) is 0 Å². The first-order valence-corrected chi connectivity index (χ1v) is 3.77. The zero-order valence-corrected chi connectivity index (χ0v) is 7.11. The molecule has 0 amide bonds. The molecule has 0 aliphatic carbocycles. The van der Waals surface area contributed by atoms with E-state index in [1.54, 1.807) is 0 Å². The summed E-state index contributed by atoms with van der Waals surface area (Å²) < 4.78 is 4.79. The fraction of sp³-hybridized carbons (Fsp3) is 1.00. The third kappa shape index (κ3) is 4.63. The first kappa shape index (κ1) is 9.14. The molecule has 0 spiro atoms. The molecular formula is C6H14NOSi. The van der Waals surface area contributed by atoms with Gasteiger partial charge in [0.25, 0.3) is 0 Å². The van der Waals surface area contributed by atoms with Crippen LogP contribution < -0.4 is 5.32 Å². The van der Waals surface area contributed by atoms with E-state index < -0.39 is 0 Å². The molecule has 3 heteroatoms. The molecule has 1 N–H and O–H groups in total. The maximum Gasteiger partial charge on any atom is 0.246 e. The second-order valence-corrected chi connectivity index (χ2v) is 2.26. The number of rotatable bonds is 5. The summed E-state index contributed by atoms with van der Waals surface area (Å²) in [5.74, 6) is 0. The molecule has 0 fully saturated rings. The SMILES string of the molecule is CCNC(CC)CO[Si]. The van der Waals surface area contributed by atoms with Crippen molar-refractivity contribution in [1.29, 1.82) is 0 Å². The Kier molecular flexibility index (Phi) is 6.35. The quantitative estimate of drug-likeness (QED) is 0.567. The van der Waals surface area contributed by atoms with Gasteiger partial charge in [-0.3, -0.25) is 0 Å². The molecule has 0 aliphatic rings. The van der Waals surface area contributed by atoms with Gasteiger partial charge in [-0.1, -0.05) is 13.8 Å². The Labute approximate surface area is 60.5 Å². The van der Waals surface area contributed by atoms with Gasteiger partial charge in [0, 0.05) is 12.6 Å². The Bertz CT molecular complexity index is 55.0. The van der Waals surface area contributed by atoms with Crippen LogP contribution in [0.1, 0.15) is 20.3 Å². The maximum absolute atomic E-state index is 4.79. The van der Waals surface area contributed by atoms with Crippen LogP contribution in [0.5, 0.6) is 0 Å². The summed E-state index contributed by atoms with van der Waals surface area (Å²) in [6.07, 6.45) is 1.11. The smallest absolute Gasteiger partial charge is 0.246 e. The van der Waals surface area contributed by atoms with Gasteiger partial charge in [-0.2, -0.15) is 0 Å². The Hall–Kier alpha value is 0.137. The van der Waals surface area contributed by atoms with Gasteiger partial charge in [0.2, 0.25) is 10.5 Å². The van der Waals surface area contributed by atoms with Crippen LogP contribution in [0.4, 0.5) is 0 Å². The lowest BCUT2D eigenvalue weighted by molar-refractivity contribution is 0.283. The zero-order chi connectivity index (χ0) is 7.11. The van der Waals surface area contributed by atoms with E-state index in [4.69, 9.17) is 4.43 Å². The summed E-state index contributed by atoms with van der Waals surface area (Å²) in [6.45, 7) is 5.98. The molecule has 0 saturated heterocycles. The summed E-state index contributed by atoms with van der Waals surface area (Å²) in [7, 11) is 2.96. The minimum atomic E-state index is 0.493. The Morgan fingerprint density at radius 3 is 2.56 bits per heavy atom. The summed E-state index contributed by atoms with van der Waals surface area (Å²) in [4.78, 5) is 0. The van der Waals surface area contributed by atoms with Crippen molar-refractivity contribution in [2.45, 2.75) is 26.3 Å². The van der Waals surface area contributed by atoms with Crippen molar-refractivity contribution in [2.24, 2.45) is 0 Å². The molecule has 3 radical (unpaired) electrons. The van der Waals surface area contributed by atoms with Crippen molar-refractivity contribution in [1.82, 2.24) is 5.32 Å². The van der Waals surface area contributed by atoms with Crippen LogP contribution in [0.15, 0.2) is 0 Å². The highest BCUT2D eigenvalue weighted by atomic mass is 28.2. The zero-order valence-electron chi connectivity index (χ0n) is 6.11. The molecular weight excluding hydrogens is 130 g/mol. The number of hydrogen-bond acceptors (Lipinski definition) is 2. The van der Waals surface area contributed by atoms with Crippen LogP contribution in [-0.2, 0) is 4.43 Å². The van der Waals surface area contributed by atoms with Crippen molar-refractivity contribution in [3.63, 3.8) is 0 Å². The number of nitrogens with one attached hydrogen (secondary N) is 1. The minimum Gasteiger partial charge on any atom is -0.417 e. The summed E-state index contributed by atoms with van der Waals surface area (Å²) in [6, 6.07) is 0.493. The predicted octanol–water partition coefficient (Wildman–Crippen LogP) is 0.475. The summed E-state index contributed by atoms with van der Waals surface area (Å²) >= 11 is 0. The second kappa shape index (κ2) is 6.26. The topological polar surface area (TPSA) is 21.3 Å². The van der Waals surface area contributed by atoms with E-state index in [1.807, 2.05) is 0 Å². The van der Waals surface area contributed by atoms with Gasteiger partial charge >= 0.3 is 0 Å². The fourth-order valence-corrected chi connectivity index (χ4v) is 0.912. The van der Waals surface area contributed by atoms with Crippen molar-refractivity contribution in [3.05, 3.63) is 0 Å². The molecule has 53 valence electrons. The molecule has 1 unspecified atom stereocenters. The standard InChI is InChI=1S/C6H14NOSi/c1-3-6(5-8-9)7-4-2/h6-7H,3-5H2,1-2H3. The summed E-state index contributed by atoms with van der Waals surface area (Å²) in [5.41, 5.74) is 0. The van der Waals surface area contributed by atoms with Crippen LogP contribution in [0.25, 0.3) is 0 Å². The van der Waals surface area contributed by atoms with Crippen LogP contribution in [0, 0.1) is 0 Å². The Balaban J connectivity index is 3.18. The summed E-state index contributed by atoms with van der Waals surface area (Å²) in [5, 5.41) is 3.28. The average molecular weight is 144 g/mol. The van der Waals surface area contributed by atoms with Crippen molar-refractivity contribution in [2.75, 3.05) is 13.2 Å². The lowest BCUT2D eigenvalue weighted by Crippen LogP contribution is -2.32. The maximum atomic E-state index is 4.79. The van der Waals surface area contributed by atoms with E-state index in [0.29, 0.717) is 6.04 Å². The highest BCUT2D eigenvalue weighted by Crippen LogP contribution is 1.88. The van der Waals surface area contributed by atoms with Gasteiger partial charge in [0.1, 0.15) is 0 Å². The van der Waals surface area contributed by atoms with E-state index >= 15 is 0 Å². The minimum absolute atomic E-state index is 0.493. The molecule has 0 aliphatic heterocycles. The van der Waals surface area contributed by atoms with E-state index in [2.05, 4.69) is 29.7 Å². The van der Waals surface area contributed by atoms with Crippen molar-refractivity contribution in [3.8, 4) is 0 Å². The third-order valence-corrected chi connectivity index (χ3v) is 1.44. The normalized spacial score (nSPS) is 13.7. The van der Waals surface area contributed by atoms with E-state index in [0.717, 1.165) is 19.6 Å². The first-order valence-electron chi connectivity index (χ1n) is 3.37. The Morgan fingerprint density at radius 1 is 1.56 bits per heavy atom. The van der Waals surface area contributed by atoms with Gasteiger partial charge in [-0.25, -0.2) is 0 Å². The van der Waals surface area contributed by atoms with Crippen LogP contribution in [-0.4, -0.2) is 29.7 Å². The molecule has 2 nitrogen and oxygen atoms in total. The largest absolute Gasteiger partial charge is 0.417 e.